The molecule has 0 fully saturated rings. The summed E-state index contributed by atoms with van der Waals surface area (Å²) in [5.74, 6) is -2.05. The number of amides is 3. The molecule has 0 aromatic rings. The van der Waals surface area contributed by atoms with Crippen molar-refractivity contribution in [3.05, 3.63) is 0 Å². The zero-order valence-corrected chi connectivity index (χ0v) is 10.2. The molecular formula is C10H17N3O5. The minimum absolute atomic E-state index is 0.0976. The number of aliphatic carboxylic acids is 1. The predicted molar refractivity (Wildman–Crippen MR) is 61.7 cm³/mol. The quantitative estimate of drug-likeness (QED) is 0.463. The molecule has 3 amide bonds. The number of hydrogen-bond donors (Lipinski definition) is 4. The number of Topliss-reactive ketones (excluding diaryl/α,β-unsaturated/α-hetero) is 1. The third-order valence-corrected chi connectivity index (χ3v) is 2.19. The van der Waals surface area contributed by atoms with Gasteiger partial charge in [-0.15, -0.1) is 0 Å². The van der Waals surface area contributed by atoms with E-state index in [-0.39, 0.29) is 18.6 Å². The van der Waals surface area contributed by atoms with Gasteiger partial charge in [-0.05, 0) is 13.8 Å². The van der Waals surface area contributed by atoms with Crippen LogP contribution in [-0.2, 0) is 14.4 Å². The maximum Gasteiger partial charge on any atom is 0.325 e. The van der Waals surface area contributed by atoms with E-state index < -0.39 is 30.0 Å². The largest absolute Gasteiger partial charge is 0.480 e. The molecule has 0 aliphatic rings. The predicted octanol–water partition coefficient (Wildman–Crippen LogP) is -1.02. The van der Waals surface area contributed by atoms with E-state index in [0.717, 1.165) is 0 Å². The van der Waals surface area contributed by atoms with Crippen molar-refractivity contribution in [3.8, 4) is 0 Å². The summed E-state index contributed by atoms with van der Waals surface area (Å²) in [6.07, 6.45) is -0.235. The van der Waals surface area contributed by atoms with Crippen LogP contribution in [0.2, 0.25) is 0 Å². The Bertz CT molecular complexity index is 355. The van der Waals surface area contributed by atoms with E-state index in [1.165, 1.54) is 13.8 Å². The van der Waals surface area contributed by atoms with Gasteiger partial charge in [0.15, 0.2) is 5.78 Å². The Balaban J connectivity index is 4.02. The highest BCUT2D eigenvalue weighted by atomic mass is 16.4. The molecule has 5 N–H and O–H groups in total. The Kier molecular flexibility index (Phi) is 6.40. The van der Waals surface area contributed by atoms with Crippen LogP contribution >= 0.6 is 0 Å². The molecule has 0 bridgehead atoms. The van der Waals surface area contributed by atoms with Crippen molar-refractivity contribution in [2.24, 2.45) is 5.73 Å². The highest BCUT2D eigenvalue weighted by Gasteiger charge is 2.17. The number of ketones is 1. The molecule has 8 nitrogen and oxygen atoms in total. The van der Waals surface area contributed by atoms with E-state index >= 15 is 0 Å². The van der Waals surface area contributed by atoms with Crippen LogP contribution in [0.15, 0.2) is 0 Å². The number of carboxylic acids is 1. The van der Waals surface area contributed by atoms with Gasteiger partial charge >= 0.3 is 12.0 Å². The van der Waals surface area contributed by atoms with E-state index in [4.69, 9.17) is 10.8 Å². The normalized spacial score (nSPS) is 13.2. The second kappa shape index (κ2) is 7.25. The van der Waals surface area contributed by atoms with Crippen LogP contribution in [-0.4, -0.2) is 40.9 Å². The fourth-order valence-corrected chi connectivity index (χ4v) is 1.12. The van der Waals surface area contributed by atoms with Crippen molar-refractivity contribution in [1.29, 1.82) is 0 Å². The molecule has 0 aliphatic carbocycles. The van der Waals surface area contributed by atoms with Crippen molar-refractivity contribution in [1.82, 2.24) is 10.6 Å². The van der Waals surface area contributed by atoms with Crippen molar-refractivity contribution < 1.29 is 24.3 Å². The minimum atomic E-state index is -1.15. The van der Waals surface area contributed by atoms with Gasteiger partial charge in [-0.2, -0.15) is 0 Å². The number of urea groups is 1. The first-order valence-corrected chi connectivity index (χ1v) is 5.35. The number of rotatable bonds is 7. The van der Waals surface area contributed by atoms with Gasteiger partial charge in [-0.1, -0.05) is 0 Å². The van der Waals surface area contributed by atoms with E-state index in [9.17, 15) is 19.2 Å². The topological polar surface area (TPSA) is 139 Å². The number of carbonyl (C=O) groups is 4. The number of primary amides is 1. The fraction of sp³-hybridized carbons (Fsp3) is 0.600. The first-order chi connectivity index (χ1) is 8.23. The maximum atomic E-state index is 11.4. The Labute approximate surface area is 104 Å². The number of carbonyl (C=O) groups excluding carboxylic acids is 3. The summed E-state index contributed by atoms with van der Waals surface area (Å²) in [7, 11) is 0. The Hall–Kier alpha value is -2.12. The van der Waals surface area contributed by atoms with Crippen LogP contribution in [0.5, 0.6) is 0 Å². The third kappa shape index (κ3) is 6.46. The number of hydrogen-bond acceptors (Lipinski definition) is 4. The summed E-state index contributed by atoms with van der Waals surface area (Å²) in [6, 6.07) is -2.60. The summed E-state index contributed by atoms with van der Waals surface area (Å²) in [5.41, 5.74) is 4.84. The van der Waals surface area contributed by atoms with Crippen LogP contribution < -0.4 is 16.4 Å². The SMILES string of the molecule is C[C@H](NC(=O)CCC(=O)[C@H](C)NC(N)=O)C(=O)O. The average molecular weight is 259 g/mol. The molecule has 0 aromatic carbocycles. The van der Waals surface area contributed by atoms with Gasteiger partial charge < -0.3 is 21.5 Å². The second-order valence-electron chi connectivity index (χ2n) is 3.82. The van der Waals surface area contributed by atoms with E-state index in [2.05, 4.69) is 10.6 Å². The Morgan fingerprint density at radius 3 is 2.06 bits per heavy atom. The van der Waals surface area contributed by atoms with E-state index in [1.54, 1.807) is 0 Å². The standard InChI is InChI=1S/C10H17N3O5/c1-5(13-10(11)18)7(14)3-4-8(15)12-6(2)9(16)17/h5-6H,3-4H2,1-2H3,(H,12,15)(H,16,17)(H3,11,13,18)/t5-,6-/m0/s1. The lowest BCUT2D eigenvalue weighted by Gasteiger charge is -2.11. The van der Waals surface area contributed by atoms with Gasteiger partial charge in [0.05, 0.1) is 6.04 Å². The van der Waals surface area contributed by atoms with Crippen LogP contribution in [0, 0.1) is 0 Å². The molecule has 2 atom stereocenters. The Morgan fingerprint density at radius 1 is 1.06 bits per heavy atom. The fourth-order valence-electron chi connectivity index (χ4n) is 1.12. The summed E-state index contributed by atoms with van der Waals surface area (Å²) >= 11 is 0. The van der Waals surface area contributed by atoms with Gasteiger partial charge in [-0.3, -0.25) is 14.4 Å². The van der Waals surface area contributed by atoms with Gasteiger partial charge in [0, 0.05) is 12.8 Å². The minimum Gasteiger partial charge on any atom is -0.480 e. The molecule has 0 radical (unpaired) electrons. The second-order valence-corrected chi connectivity index (χ2v) is 3.82. The number of nitrogens with one attached hydrogen (secondary N) is 2. The lowest BCUT2D eigenvalue weighted by Crippen LogP contribution is -2.42. The summed E-state index contributed by atoms with van der Waals surface area (Å²) < 4.78 is 0. The molecule has 0 aromatic heterocycles. The lowest BCUT2D eigenvalue weighted by molar-refractivity contribution is -0.141. The molecule has 0 heterocycles. The number of carboxylic acid groups (broad SMARTS) is 1. The smallest absolute Gasteiger partial charge is 0.325 e. The van der Waals surface area contributed by atoms with Crippen LogP contribution in [0.4, 0.5) is 4.79 Å². The zero-order valence-electron chi connectivity index (χ0n) is 10.2. The molecule has 0 unspecified atom stereocenters. The zero-order chi connectivity index (χ0) is 14.3. The lowest BCUT2D eigenvalue weighted by atomic mass is 10.1. The van der Waals surface area contributed by atoms with Gasteiger partial charge in [-0.25, -0.2) is 4.79 Å². The molecule has 0 spiro atoms. The molecule has 0 aliphatic heterocycles. The van der Waals surface area contributed by atoms with Crippen molar-refractivity contribution >= 4 is 23.7 Å². The van der Waals surface area contributed by atoms with Crippen LogP contribution in [0.1, 0.15) is 26.7 Å². The van der Waals surface area contributed by atoms with Crippen molar-refractivity contribution in [2.75, 3.05) is 0 Å². The van der Waals surface area contributed by atoms with Crippen LogP contribution in [0.25, 0.3) is 0 Å². The van der Waals surface area contributed by atoms with Crippen LogP contribution in [0.3, 0.4) is 0 Å². The highest BCUT2D eigenvalue weighted by Crippen LogP contribution is 1.97. The Morgan fingerprint density at radius 2 is 1.61 bits per heavy atom. The molecule has 18 heavy (non-hydrogen) atoms. The molecule has 102 valence electrons. The van der Waals surface area contributed by atoms with Gasteiger partial charge in [0.2, 0.25) is 5.91 Å². The first-order valence-electron chi connectivity index (χ1n) is 5.35. The van der Waals surface area contributed by atoms with Crippen molar-refractivity contribution in [2.45, 2.75) is 38.8 Å². The average Bonchev–Trinajstić information content (AvgIpc) is 2.24. The molecular weight excluding hydrogens is 242 g/mol. The summed E-state index contributed by atoms with van der Waals surface area (Å²) in [4.78, 5) is 43.7. The van der Waals surface area contributed by atoms with Gasteiger partial charge in [0.1, 0.15) is 6.04 Å². The highest BCUT2D eigenvalue weighted by molar-refractivity contribution is 5.91. The molecule has 8 heteroatoms. The maximum absolute atomic E-state index is 11.4. The van der Waals surface area contributed by atoms with Crippen molar-refractivity contribution in [3.63, 3.8) is 0 Å². The molecule has 0 rings (SSSR count). The number of nitrogens with two attached hydrogens (primary N) is 1. The van der Waals surface area contributed by atoms with Gasteiger partial charge in [0.25, 0.3) is 0 Å². The molecule has 0 saturated heterocycles. The third-order valence-electron chi connectivity index (χ3n) is 2.19. The van der Waals surface area contributed by atoms with E-state index in [0.29, 0.717) is 0 Å². The first kappa shape index (κ1) is 15.9. The monoisotopic (exact) mass is 259 g/mol. The molecule has 0 saturated carbocycles. The summed E-state index contributed by atoms with van der Waals surface area (Å²) in [6.45, 7) is 2.77. The van der Waals surface area contributed by atoms with E-state index in [1.807, 2.05) is 0 Å². The summed E-state index contributed by atoms with van der Waals surface area (Å²) in [5, 5.41) is 13.0.